The van der Waals surface area contributed by atoms with Crippen molar-refractivity contribution in [2.24, 2.45) is 0 Å². The van der Waals surface area contributed by atoms with Crippen molar-refractivity contribution in [1.82, 2.24) is 5.32 Å². The van der Waals surface area contributed by atoms with Gasteiger partial charge in [0.2, 0.25) is 0 Å². The molecule has 4 nitrogen and oxygen atoms in total. The van der Waals surface area contributed by atoms with Crippen LogP contribution in [0.4, 0.5) is 0 Å². The predicted octanol–water partition coefficient (Wildman–Crippen LogP) is 3.69. The van der Waals surface area contributed by atoms with Crippen molar-refractivity contribution in [3.05, 3.63) is 72.3 Å². The van der Waals surface area contributed by atoms with Crippen molar-refractivity contribution in [3.8, 4) is 0 Å². The van der Waals surface area contributed by atoms with Gasteiger partial charge in [0, 0.05) is 6.08 Å². The van der Waals surface area contributed by atoms with Gasteiger partial charge >= 0.3 is 5.97 Å². The average Bonchev–Trinajstić information content (AvgIpc) is 2.59. The van der Waals surface area contributed by atoms with Crippen LogP contribution in [0.2, 0.25) is 0 Å². The van der Waals surface area contributed by atoms with Crippen LogP contribution >= 0.6 is 0 Å². The zero-order valence-corrected chi connectivity index (χ0v) is 13.9. The van der Waals surface area contributed by atoms with Gasteiger partial charge < -0.3 is 10.1 Å². The highest BCUT2D eigenvalue weighted by Gasteiger charge is 2.13. The van der Waals surface area contributed by atoms with E-state index in [9.17, 15) is 9.59 Å². The van der Waals surface area contributed by atoms with Crippen molar-refractivity contribution in [2.75, 3.05) is 6.61 Å². The molecule has 1 N–H and O–H groups in total. The first-order chi connectivity index (χ1) is 11.6. The minimum Gasteiger partial charge on any atom is -0.452 e. The van der Waals surface area contributed by atoms with Crippen LogP contribution in [-0.2, 0) is 14.3 Å². The van der Waals surface area contributed by atoms with Crippen LogP contribution in [0.5, 0.6) is 0 Å². The third-order valence-electron chi connectivity index (χ3n) is 3.55. The fraction of sp³-hybridized carbons (Fsp3) is 0.200. The fourth-order valence-electron chi connectivity index (χ4n) is 2.42. The molecular formula is C20H21NO3. The summed E-state index contributed by atoms with van der Waals surface area (Å²) in [6.07, 6.45) is 6.35. The summed E-state index contributed by atoms with van der Waals surface area (Å²) < 4.78 is 4.90. The molecule has 0 aliphatic rings. The standard InChI is InChI=1S/C20H21NO3/c1-3-4-5-13-20(23)24-14-19(22)21-15(2)17-12-8-10-16-9-6-7-11-18(16)17/h3-13,15H,14H2,1-2H3,(H,21,22)/b4-3+,13-5+. The normalized spacial score (nSPS) is 12.6. The Morgan fingerprint density at radius 3 is 2.67 bits per heavy atom. The number of benzene rings is 2. The number of nitrogens with one attached hydrogen (secondary N) is 1. The molecule has 24 heavy (non-hydrogen) atoms. The molecule has 2 aromatic rings. The molecule has 0 aromatic heterocycles. The molecule has 4 heteroatoms. The molecule has 0 bridgehead atoms. The summed E-state index contributed by atoms with van der Waals surface area (Å²) in [5.41, 5.74) is 1.03. The Hall–Kier alpha value is -2.88. The number of allylic oxidation sites excluding steroid dienone is 3. The monoisotopic (exact) mass is 323 g/mol. The van der Waals surface area contributed by atoms with E-state index in [-0.39, 0.29) is 18.6 Å². The van der Waals surface area contributed by atoms with Crippen LogP contribution < -0.4 is 5.32 Å². The summed E-state index contributed by atoms with van der Waals surface area (Å²) in [6, 6.07) is 13.8. The fourth-order valence-corrected chi connectivity index (χ4v) is 2.42. The van der Waals surface area contributed by atoms with E-state index in [0.29, 0.717) is 0 Å². The van der Waals surface area contributed by atoms with E-state index < -0.39 is 5.97 Å². The quantitative estimate of drug-likeness (QED) is 0.501. The van der Waals surface area contributed by atoms with E-state index in [1.165, 1.54) is 6.08 Å². The van der Waals surface area contributed by atoms with E-state index in [0.717, 1.165) is 16.3 Å². The number of ether oxygens (including phenoxy) is 1. The molecule has 0 fully saturated rings. The van der Waals surface area contributed by atoms with Crippen LogP contribution in [0.25, 0.3) is 10.8 Å². The van der Waals surface area contributed by atoms with Gasteiger partial charge in [-0.1, -0.05) is 60.7 Å². The van der Waals surface area contributed by atoms with Crippen LogP contribution in [0.3, 0.4) is 0 Å². The molecule has 1 unspecified atom stereocenters. The van der Waals surface area contributed by atoms with E-state index in [4.69, 9.17) is 4.74 Å². The number of rotatable bonds is 6. The summed E-state index contributed by atoms with van der Waals surface area (Å²) >= 11 is 0. The molecule has 2 rings (SSSR count). The maximum atomic E-state index is 12.0. The highest BCUT2D eigenvalue weighted by atomic mass is 16.5. The second kappa shape index (κ2) is 8.67. The summed E-state index contributed by atoms with van der Waals surface area (Å²) in [5, 5.41) is 5.07. The number of hydrogen-bond donors (Lipinski definition) is 1. The van der Waals surface area contributed by atoms with Gasteiger partial charge in [-0.25, -0.2) is 4.79 Å². The lowest BCUT2D eigenvalue weighted by Crippen LogP contribution is -2.31. The molecule has 1 atom stereocenters. The molecule has 0 aliphatic carbocycles. The molecule has 0 radical (unpaired) electrons. The lowest BCUT2D eigenvalue weighted by Gasteiger charge is -2.16. The number of esters is 1. The van der Waals surface area contributed by atoms with Crippen molar-refractivity contribution in [2.45, 2.75) is 19.9 Å². The Bertz CT molecular complexity index is 772. The second-order valence-corrected chi connectivity index (χ2v) is 5.35. The summed E-state index contributed by atoms with van der Waals surface area (Å²) in [7, 11) is 0. The summed E-state index contributed by atoms with van der Waals surface area (Å²) in [4.78, 5) is 23.4. The van der Waals surface area contributed by atoms with Gasteiger partial charge in [-0.2, -0.15) is 0 Å². The molecule has 0 aliphatic heterocycles. The van der Waals surface area contributed by atoms with E-state index in [1.54, 1.807) is 18.2 Å². The first-order valence-electron chi connectivity index (χ1n) is 7.85. The Morgan fingerprint density at radius 1 is 1.12 bits per heavy atom. The Balaban J connectivity index is 1.95. The van der Waals surface area contributed by atoms with Crippen LogP contribution in [0, 0.1) is 0 Å². The van der Waals surface area contributed by atoms with E-state index in [1.807, 2.05) is 56.3 Å². The first-order valence-corrected chi connectivity index (χ1v) is 7.85. The zero-order valence-electron chi connectivity index (χ0n) is 13.9. The minimum absolute atomic E-state index is 0.180. The van der Waals surface area contributed by atoms with Crippen LogP contribution in [-0.4, -0.2) is 18.5 Å². The van der Waals surface area contributed by atoms with Gasteiger partial charge in [0.15, 0.2) is 6.61 Å². The average molecular weight is 323 g/mol. The summed E-state index contributed by atoms with van der Waals surface area (Å²) in [6.45, 7) is 3.46. The SMILES string of the molecule is C/C=C/C=C/C(=O)OCC(=O)NC(C)c1cccc2ccccc12. The Labute approximate surface area is 141 Å². The third-order valence-corrected chi connectivity index (χ3v) is 3.55. The van der Waals surface area contributed by atoms with Gasteiger partial charge in [0.05, 0.1) is 6.04 Å². The molecule has 0 spiro atoms. The second-order valence-electron chi connectivity index (χ2n) is 5.35. The smallest absolute Gasteiger partial charge is 0.331 e. The topological polar surface area (TPSA) is 55.4 Å². The molecule has 124 valence electrons. The number of amides is 1. The minimum atomic E-state index is -0.541. The van der Waals surface area contributed by atoms with Crippen molar-refractivity contribution >= 4 is 22.6 Å². The molecule has 0 heterocycles. The summed E-state index contributed by atoms with van der Waals surface area (Å²) in [5.74, 6) is -0.871. The zero-order chi connectivity index (χ0) is 17.4. The van der Waals surface area contributed by atoms with Crippen molar-refractivity contribution in [3.63, 3.8) is 0 Å². The van der Waals surface area contributed by atoms with Crippen molar-refractivity contribution in [1.29, 1.82) is 0 Å². The number of carbonyl (C=O) groups excluding carboxylic acids is 2. The predicted molar refractivity (Wildman–Crippen MR) is 95.4 cm³/mol. The number of fused-ring (bicyclic) bond motifs is 1. The van der Waals surface area contributed by atoms with Crippen LogP contribution in [0.1, 0.15) is 25.5 Å². The molecule has 0 saturated carbocycles. The van der Waals surface area contributed by atoms with Gasteiger partial charge in [0.25, 0.3) is 5.91 Å². The highest BCUT2D eigenvalue weighted by molar-refractivity contribution is 5.88. The van der Waals surface area contributed by atoms with Crippen LogP contribution in [0.15, 0.2) is 66.8 Å². The van der Waals surface area contributed by atoms with Crippen molar-refractivity contribution < 1.29 is 14.3 Å². The van der Waals surface area contributed by atoms with Gasteiger partial charge in [0.1, 0.15) is 0 Å². The lowest BCUT2D eigenvalue weighted by atomic mass is 10.00. The number of hydrogen-bond acceptors (Lipinski definition) is 3. The molecular weight excluding hydrogens is 302 g/mol. The largest absolute Gasteiger partial charge is 0.452 e. The Kier molecular flexibility index (Phi) is 6.32. The van der Waals surface area contributed by atoms with Gasteiger partial charge in [-0.05, 0) is 30.2 Å². The maximum absolute atomic E-state index is 12.0. The van der Waals surface area contributed by atoms with E-state index in [2.05, 4.69) is 5.32 Å². The molecule has 2 aromatic carbocycles. The van der Waals surface area contributed by atoms with Gasteiger partial charge in [-0.15, -0.1) is 0 Å². The number of carbonyl (C=O) groups is 2. The van der Waals surface area contributed by atoms with E-state index >= 15 is 0 Å². The third kappa shape index (κ3) is 4.81. The molecule has 0 saturated heterocycles. The molecule has 1 amide bonds. The first kappa shape index (κ1) is 17.5. The maximum Gasteiger partial charge on any atom is 0.331 e. The highest BCUT2D eigenvalue weighted by Crippen LogP contribution is 2.23. The lowest BCUT2D eigenvalue weighted by molar-refractivity contribution is -0.144. The van der Waals surface area contributed by atoms with Gasteiger partial charge in [-0.3, -0.25) is 4.79 Å². The Morgan fingerprint density at radius 2 is 1.88 bits per heavy atom.